The molecule has 0 amide bonds. The SMILES string of the molecule is CN1CCC23c4c5ccc(C#N)c4OC2C2(OCCO2)C2(Cc4ccccc4C2)CC3(O)C1C5. The van der Waals surface area contributed by atoms with Gasteiger partial charge in [-0.1, -0.05) is 30.3 Å². The van der Waals surface area contributed by atoms with E-state index in [1.807, 2.05) is 6.07 Å². The van der Waals surface area contributed by atoms with Crippen molar-refractivity contribution < 1.29 is 19.3 Å². The van der Waals surface area contributed by atoms with Crippen LogP contribution in [0, 0.1) is 16.7 Å². The second kappa shape index (κ2) is 6.03. The Morgan fingerprint density at radius 1 is 1.06 bits per heavy atom. The van der Waals surface area contributed by atoms with Crippen molar-refractivity contribution in [1.82, 2.24) is 4.90 Å². The summed E-state index contributed by atoms with van der Waals surface area (Å²) in [5.41, 5.74) is 3.32. The van der Waals surface area contributed by atoms with Crippen LogP contribution in [0.5, 0.6) is 5.75 Å². The van der Waals surface area contributed by atoms with Crippen LogP contribution in [0.15, 0.2) is 36.4 Å². The molecule has 1 N–H and O–H groups in total. The summed E-state index contributed by atoms with van der Waals surface area (Å²) in [5.74, 6) is -0.309. The van der Waals surface area contributed by atoms with Crippen LogP contribution >= 0.6 is 0 Å². The zero-order valence-electron chi connectivity index (χ0n) is 19.3. The number of nitrogens with zero attached hydrogens (tertiary/aromatic N) is 2. The molecule has 8 rings (SSSR count). The van der Waals surface area contributed by atoms with Crippen LogP contribution in [0.2, 0.25) is 0 Å². The highest BCUT2D eigenvalue weighted by Crippen LogP contribution is 2.72. The van der Waals surface area contributed by atoms with E-state index >= 15 is 0 Å². The van der Waals surface area contributed by atoms with Gasteiger partial charge in [0.1, 0.15) is 11.8 Å². The summed E-state index contributed by atoms with van der Waals surface area (Å²) in [4.78, 5) is 2.34. The molecule has 6 heteroatoms. The van der Waals surface area contributed by atoms with E-state index in [9.17, 15) is 10.4 Å². The molecular weight excluding hydrogens is 428 g/mol. The third kappa shape index (κ3) is 1.90. The molecule has 3 spiro atoms. The number of likely N-dealkylation sites (tertiary alicyclic amines) is 1. The highest BCUT2D eigenvalue weighted by Gasteiger charge is 2.83. The second-order valence-corrected chi connectivity index (χ2v) is 11.4. The van der Waals surface area contributed by atoms with Gasteiger partial charge in [0.05, 0.1) is 29.8 Å². The van der Waals surface area contributed by atoms with E-state index in [4.69, 9.17) is 14.2 Å². The molecule has 3 heterocycles. The summed E-state index contributed by atoms with van der Waals surface area (Å²) in [7, 11) is 2.14. The van der Waals surface area contributed by atoms with Crippen molar-refractivity contribution in [3.63, 3.8) is 0 Å². The van der Waals surface area contributed by atoms with Crippen molar-refractivity contribution in [2.24, 2.45) is 5.41 Å². The molecule has 3 fully saturated rings. The molecule has 4 unspecified atom stereocenters. The van der Waals surface area contributed by atoms with E-state index in [1.54, 1.807) is 0 Å². The van der Waals surface area contributed by atoms with Gasteiger partial charge >= 0.3 is 0 Å². The van der Waals surface area contributed by atoms with Crippen molar-refractivity contribution in [1.29, 1.82) is 5.26 Å². The monoisotopic (exact) mass is 456 g/mol. The van der Waals surface area contributed by atoms with E-state index in [-0.39, 0.29) is 6.04 Å². The number of ether oxygens (including phenoxy) is 3. The standard InChI is InChI=1S/C28H28N2O4/c1-30-9-8-26-22-17-6-7-20(15-29)23(22)34-24(26)28(32-10-11-33-28)25(16-27(26,31)21(30)12-17)13-18-4-2-3-5-19(18)14-25/h2-7,21,24,31H,8-14,16H2,1H3. The number of rotatable bonds is 0. The lowest BCUT2D eigenvalue weighted by molar-refractivity contribution is -0.351. The highest BCUT2D eigenvalue weighted by molar-refractivity contribution is 5.64. The van der Waals surface area contributed by atoms with Crippen LogP contribution < -0.4 is 4.74 Å². The van der Waals surface area contributed by atoms with E-state index in [2.05, 4.69) is 48.3 Å². The molecule has 4 atom stereocenters. The Morgan fingerprint density at radius 2 is 1.79 bits per heavy atom. The molecule has 2 bridgehead atoms. The average Bonchev–Trinajstić information content (AvgIpc) is 3.53. The van der Waals surface area contributed by atoms with Crippen molar-refractivity contribution in [3.8, 4) is 11.8 Å². The molecule has 6 aliphatic rings. The van der Waals surface area contributed by atoms with Gasteiger partial charge in [-0.25, -0.2) is 0 Å². The maximum atomic E-state index is 13.0. The van der Waals surface area contributed by atoms with Gasteiger partial charge < -0.3 is 24.2 Å². The fourth-order valence-electron chi connectivity index (χ4n) is 9.01. The maximum Gasteiger partial charge on any atom is 0.213 e. The lowest BCUT2D eigenvalue weighted by atomic mass is 9.43. The first-order valence-corrected chi connectivity index (χ1v) is 12.5. The van der Waals surface area contributed by atoms with Crippen LogP contribution in [0.25, 0.3) is 0 Å². The average molecular weight is 457 g/mol. The topological polar surface area (TPSA) is 75.0 Å². The highest BCUT2D eigenvalue weighted by atomic mass is 16.8. The Morgan fingerprint density at radius 3 is 2.50 bits per heavy atom. The zero-order chi connectivity index (χ0) is 22.9. The number of likely N-dealkylation sites (N-methyl/N-ethyl adjacent to an activating group) is 1. The number of hydrogen-bond acceptors (Lipinski definition) is 6. The van der Waals surface area contributed by atoms with E-state index in [0.717, 1.165) is 37.8 Å². The maximum absolute atomic E-state index is 13.0. The third-order valence-electron chi connectivity index (χ3n) is 10.2. The smallest absolute Gasteiger partial charge is 0.213 e. The van der Waals surface area contributed by atoms with Crippen molar-refractivity contribution >= 4 is 0 Å². The van der Waals surface area contributed by atoms with Gasteiger partial charge in [-0.2, -0.15) is 5.26 Å². The fraction of sp³-hybridized carbons (Fsp3) is 0.536. The van der Waals surface area contributed by atoms with Gasteiger partial charge in [0.25, 0.3) is 0 Å². The fourth-order valence-corrected chi connectivity index (χ4v) is 9.01. The molecule has 6 nitrogen and oxygen atoms in total. The number of aliphatic hydroxyl groups is 1. The third-order valence-corrected chi connectivity index (χ3v) is 10.2. The van der Waals surface area contributed by atoms with Gasteiger partial charge in [0, 0.05) is 17.0 Å². The first-order valence-electron chi connectivity index (χ1n) is 12.5. The van der Waals surface area contributed by atoms with Crippen LogP contribution in [-0.2, 0) is 34.2 Å². The predicted octanol–water partition coefficient (Wildman–Crippen LogP) is 2.48. The number of piperidine rings is 1. The van der Waals surface area contributed by atoms with Crippen molar-refractivity contribution in [2.45, 2.75) is 61.1 Å². The Labute approximate surface area is 199 Å². The van der Waals surface area contributed by atoms with Gasteiger partial charge in [0.15, 0.2) is 6.10 Å². The Balaban J connectivity index is 1.43. The summed E-state index contributed by atoms with van der Waals surface area (Å²) in [5, 5.41) is 22.9. The quantitative estimate of drug-likeness (QED) is 0.657. The molecule has 1 saturated carbocycles. The number of fused-ring (bicyclic) bond motifs is 3. The Bertz CT molecular complexity index is 1270. The number of hydrogen-bond donors (Lipinski definition) is 1. The van der Waals surface area contributed by atoms with E-state index in [0.29, 0.717) is 30.9 Å². The van der Waals surface area contributed by atoms with E-state index < -0.39 is 28.3 Å². The lowest BCUT2D eigenvalue weighted by Gasteiger charge is -2.69. The number of benzene rings is 2. The van der Waals surface area contributed by atoms with Crippen molar-refractivity contribution in [2.75, 3.05) is 26.8 Å². The first kappa shape index (κ1) is 19.8. The van der Waals surface area contributed by atoms with E-state index in [1.165, 1.54) is 16.7 Å². The van der Waals surface area contributed by atoms with Crippen LogP contribution in [0.1, 0.15) is 40.7 Å². The molecular formula is C28H28N2O4. The minimum absolute atomic E-state index is 0.0157. The first-order chi connectivity index (χ1) is 16.5. The molecule has 0 aromatic heterocycles. The molecule has 2 saturated heterocycles. The van der Waals surface area contributed by atoms with Crippen LogP contribution in [0.4, 0.5) is 0 Å². The molecule has 3 aliphatic carbocycles. The number of nitriles is 1. The Hall–Kier alpha value is -2.43. The minimum atomic E-state index is -1.00. The summed E-state index contributed by atoms with van der Waals surface area (Å²) < 4.78 is 20.2. The van der Waals surface area contributed by atoms with Gasteiger partial charge in [-0.3, -0.25) is 0 Å². The van der Waals surface area contributed by atoms with Gasteiger partial charge in [-0.05, 0) is 68.5 Å². The molecule has 174 valence electrons. The summed E-state index contributed by atoms with van der Waals surface area (Å²) >= 11 is 0. The Kier molecular flexibility index (Phi) is 3.52. The molecule has 2 aromatic carbocycles. The largest absolute Gasteiger partial charge is 0.482 e. The molecule has 2 aromatic rings. The second-order valence-electron chi connectivity index (χ2n) is 11.4. The minimum Gasteiger partial charge on any atom is -0.482 e. The van der Waals surface area contributed by atoms with Crippen LogP contribution in [0.3, 0.4) is 0 Å². The summed E-state index contributed by atoms with van der Waals surface area (Å²) in [6.45, 7) is 1.90. The molecule has 3 aliphatic heterocycles. The summed E-state index contributed by atoms with van der Waals surface area (Å²) in [6, 6.07) is 14.9. The predicted molar refractivity (Wildman–Crippen MR) is 122 cm³/mol. The van der Waals surface area contributed by atoms with Gasteiger partial charge in [0.2, 0.25) is 5.79 Å². The van der Waals surface area contributed by atoms with Gasteiger partial charge in [-0.15, -0.1) is 0 Å². The molecule has 0 radical (unpaired) electrons. The summed E-state index contributed by atoms with van der Waals surface area (Å²) in [6.07, 6.45) is 3.22. The molecule has 34 heavy (non-hydrogen) atoms. The lowest BCUT2D eigenvalue weighted by Crippen LogP contribution is -2.83. The normalized spacial score (nSPS) is 37.3. The zero-order valence-corrected chi connectivity index (χ0v) is 19.3. The van der Waals surface area contributed by atoms with Crippen molar-refractivity contribution in [3.05, 3.63) is 64.2 Å². The van der Waals surface area contributed by atoms with Crippen LogP contribution in [-0.4, -0.2) is 60.3 Å².